The maximum atomic E-state index is 12.2. The number of carbonyl (C=O) groups is 2. The van der Waals surface area contributed by atoms with Gasteiger partial charge in [0.25, 0.3) is 5.91 Å². The maximum absolute atomic E-state index is 12.2. The Morgan fingerprint density at radius 2 is 2.12 bits per heavy atom. The summed E-state index contributed by atoms with van der Waals surface area (Å²) in [6, 6.07) is 10.2. The lowest BCUT2D eigenvalue weighted by molar-refractivity contribution is -0.134. The summed E-state index contributed by atoms with van der Waals surface area (Å²) >= 11 is 9.23. The van der Waals surface area contributed by atoms with Crippen LogP contribution in [-0.4, -0.2) is 25.0 Å². The molecule has 124 valence electrons. The molecule has 1 aliphatic rings. The van der Waals surface area contributed by atoms with Crippen molar-refractivity contribution in [2.75, 3.05) is 18.1 Å². The standard InChI is InChI=1S/C17H13BrClNO4/c1-10-6-12(19)3-5-14(10)24-17(22)8-20-13-4-2-11(18)7-15(13)23-9-16(20)21/h2-7H,8-9H2,1H3. The van der Waals surface area contributed by atoms with Crippen molar-refractivity contribution in [1.82, 2.24) is 0 Å². The number of ether oxygens (including phenoxy) is 2. The second-order valence-corrected chi connectivity index (χ2v) is 6.62. The number of anilines is 1. The highest BCUT2D eigenvalue weighted by Crippen LogP contribution is 2.34. The highest BCUT2D eigenvalue weighted by Gasteiger charge is 2.28. The lowest BCUT2D eigenvalue weighted by Crippen LogP contribution is -2.43. The number of fused-ring (bicyclic) bond motifs is 1. The average molecular weight is 411 g/mol. The van der Waals surface area contributed by atoms with E-state index >= 15 is 0 Å². The van der Waals surface area contributed by atoms with Gasteiger partial charge in [-0.15, -0.1) is 0 Å². The van der Waals surface area contributed by atoms with Gasteiger partial charge >= 0.3 is 5.97 Å². The van der Waals surface area contributed by atoms with Crippen LogP contribution in [0.3, 0.4) is 0 Å². The van der Waals surface area contributed by atoms with Gasteiger partial charge in [0.1, 0.15) is 18.0 Å². The lowest BCUT2D eigenvalue weighted by Gasteiger charge is -2.28. The number of carbonyl (C=O) groups excluding carboxylic acids is 2. The molecule has 0 saturated carbocycles. The summed E-state index contributed by atoms with van der Waals surface area (Å²) in [6.07, 6.45) is 0. The van der Waals surface area contributed by atoms with Crippen molar-refractivity contribution in [2.24, 2.45) is 0 Å². The minimum absolute atomic E-state index is 0.114. The SMILES string of the molecule is Cc1cc(Cl)ccc1OC(=O)CN1C(=O)COc2cc(Br)ccc21. The average Bonchev–Trinajstić information content (AvgIpc) is 2.53. The second-order valence-electron chi connectivity index (χ2n) is 5.26. The fourth-order valence-electron chi connectivity index (χ4n) is 2.36. The monoisotopic (exact) mass is 409 g/mol. The molecule has 24 heavy (non-hydrogen) atoms. The molecular weight excluding hydrogens is 398 g/mol. The van der Waals surface area contributed by atoms with Crippen LogP contribution in [0.5, 0.6) is 11.5 Å². The van der Waals surface area contributed by atoms with E-state index < -0.39 is 5.97 Å². The second kappa shape index (κ2) is 6.83. The molecule has 2 aromatic rings. The Kier molecular flexibility index (Phi) is 4.78. The van der Waals surface area contributed by atoms with Crippen molar-refractivity contribution in [1.29, 1.82) is 0 Å². The van der Waals surface area contributed by atoms with Crippen LogP contribution in [-0.2, 0) is 9.59 Å². The van der Waals surface area contributed by atoms with Gasteiger partial charge in [0.05, 0.1) is 5.69 Å². The van der Waals surface area contributed by atoms with Crippen molar-refractivity contribution in [3.05, 3.63) is 51.5 Å². The first-order valence-electron chi connectivity index (χ1n) is 7.13. The molecule has 0 spiro atoms. The minimum atomic E-state index is -0.537. The molecule has 0 radical (unpaired) electrons. The summed E-state index contributed by atoms with van der Waals surface area (Å²) in [5.74, 6) is 0.125. The zero-order valence-corrected chi connectivity index (χ0v) is 15.1. The number of rotatable bonds is 3. The molecule has 0 unspecified atom stereocenters. The van der Waals surface area contributed by atoms with Crippen molar-refractivity contribution < 1.29 is 19.1 Å². The van der Waals surface area contributed by atoms with E-state index in [9.17, 15) is 9.59 Å². The van der Waals surface area contributed by atoms with E-state index in [-0.39, 0.29) is 19.1 Å². The highest BCUT2D eigenvalue weighted by molar-refractivity contribution is 9.10. The lowest BCUT2D eigenvalue weighted by atomic mass is 10.2. The number of aryl methyl sites for hydroxylation is 1. The van der Waals surface area contributed by atoms with Crippen LogP contribution in [0.25, 0.3) is 0 Å². The molecule has 1 heterocycles. The molecule has 0 aromatic heterocycles. The van der Waals surface area contributed by atoms with Gasteiger partial charge in [-0.25, -0.2) is 4.79 Å². The third-order valence-electron chi connectivity index (χ3n) is 3.51. The predicted octanol–water partition coefficient (Wildman–Crippen LogP) is 3.74. The van der Waals surface area contributed by atoms with Crippen LogP contribution >= 0.6 is 27.5 Å². The minimum Gasteiger partial charge on any atom is -0.482 e. The first-order chi connectivity index (χ1) is 11.4. The topological polar surface area (TPSA) is 55.8 Å². The summed E-state index contributed by atoms with van der Waals surface area (Å²) in [5.41, 5.74) is 1.28. The number of amides is 1. The molecule has 7 heteroatoms. The number of esters is 1. The summed E-state index contributed by atoms with van der Waals surface area (Å²) in [6.45, 7) is 1.48. The van der Waals surface area contributed by atoms with E-state index in [1.54, 1.807) is 43.3 Å². The fraction of sp³-hybridized carbons (Fsp3) is 0.176. The molecule has 0 atom stereocenters. The van der Waals surface area contributed by atoms with Gasteiger partial charge in [-0.3, -0.25) is 9.69 Å². The predicted molar refractivity (Wildman–Crippen MR) is 93.8 cm³/mol. The summed E-state index contributed by atoms with van der Waals surface area (Å²) in [4.78, 5) is 25.7. The van der Waals surface area contributed by atoms with E-state index in [0.29, 0.717) is 22.2 Å². The summed E-state index contributed by atoms with van der Waals surface area (Å²) in [5, 5.41) is 0.565. The Morgan fingerprint density at radius 1 is 1.33 bits per heavy atom. The molecular formula is C17H13BrClNO4. The molecule has 0 N–H and O–H groups in total. The van der Waals surface area contributed by atoms with Gasteiger partial charge in [0.2, 0.25) is 0 Å². The number of hydrogen-bond acceptors (Lipinski definition) is 4. The molecule has 0 saturated heterocycles. The van der Waals surface area contributed by atoms with Crippen molar-refractivity contribution in [3.63, 3.8) is 0 Å². The van der Waals surface area contributed by atoms with E-state index in [1.807, 2.05) is 0 Å². The van der Waals surface area contributed by atoms with Crippen LogP contribution in [0.15, 0.2) is 40.9 Å². The third-order valence-corrected chi connectivity index (χ3v) is 4.24. The molecule has 0 bridgehead atoms. The van der Waals surface area contributed by atoms with Crippen LogP contribution < -0.4 is 14.4 Å². The smallest absolute Gasteiger partial charge is 0.331 e. The Hall–Kier alpha value is -2.05. The molecule has 1 amide bonds. The Morgan fingerprint density at radius 3 is 2.88 bits per heavy atom. The van der Waals surface area contributed by atoms with Crippen LogP contribution in [0.2, 0.25) is 5.02 Å². The fourth-order valence-corrected chi connectivity index (χ4v) is 2.93. The molecule has 2 aromatic carbocycles. The summed E-state index contributed by atoms with van der Waals surface area (Å²) in [7, 11) is 0. The van der Waals surface area contributed by atoms with Gasteiger partial charge in [-0.1, -0.05) is 27.5 Å². The Balaban J connectivity index is 1.78. The van der Waals surface area contributed by atoms with Crippen molar-refractivity contribution >= 4 is 45.1 Å². The largest absolute Gasteiger partial charge is 0.482 e. The molecule has 0 fully saturated rings. The normalized spacial score (nSPS) is 13.3. The number of halogens is 2. The number of nitrogens with zero attached hydrogens (tertiary/aromatic N) is 1. The van der Waals surface area contributed by atoms with E-state index in [0.717, 1.165) is 10.0 Å². The van der Waals surface area contributed by atoms with E-state index in [1.165, 1.54) is 4.90 Å². The van der Waals surface area contributed by atoms with Gasteiger partial charge in [0.15, 0.2) is 6.61 Å². The van der Waals surface area contributed by atoms with Gasteiger partial charge in [0, 0.05) is 9.50 Å². The first kappa shape index (κ1) is 16.8. The van der Waals surface area contributed by atoms with Gasteiger partial charge in [-0.2, -0.15) is 0 Å². The number of hydrogen-bond donors (Lipinski definition) is 0. The van der Waals surface area contributed by atoms with Gasteiger partial charge < -0.3 is 9.47 Å². The highest BCUT2D eigenvalue weighted by atomic mass is 79.9. The van der Waals surface area contributed by atoms with E-state index in [2.05, 4.69) is 15.9 Å². The first-order valence-corrected chi connectivity index (χ1v) is 8.30. The Bertz CT molecular complexity index is 824. The van der Waals surface area contributed by atoms with Crippen LogP contribution in [0.4, 0.5) is 5.69 Å². The molecule has 1 aliphatic heterocycles. The zero-order chi connectivity index (χ0) is 17.3. The molecule has 5 nitrogen and oxygen atoms in total. The van der Waals surface area contributed by atoms with Crippen LogP contribution in [0.1, 0.15) is 5.56 Å². The van der Waals surface area contributed by atoms with E-state index in [4.69, 9.17) is 21.1 Å². The number of benzene rings is 2. The van der Waals surface area contributed by atoms with Crippen molar-refractivity contribution in [3.8, 4) is 11.5 Å². The molecule has 3 rings (SSSR count). The maximum Gasteiger partial charge on any atom is 0.331 e. The Labute approximate surface area is 152 Å². The molecule has 0 aliphatic carbocycles. The zero-order valence-electron chi connectivity index (χ0n) is 12.7. The van der Waals surface area contributed by atoms with Crippen molar-refractivity contribution in [2.45, 2.75) is 6.92 Å². The summed E-state index contributed by atoms with van der Waals surface area (Å²) < 4.78 is 11.6. The van der Waals surface area contributed by atoms with Crippen LogP contribution in [0, 0.1) is 6.92 Å². The van der Waals surface area contributed by atoms with Gasteiger partial charge in [-0.05, 0) is 48.9 Å². The quantitative estimate of drug-likeness (QED) is 0.571. The third kappa shape index (κ3) is 3.55.